The van der Waals surface area contributed by atoms with E-state index < -0.39 is 0 Å². The Hall–Kier alpha value is 0.164. The molecule has 0 nitrogen and oxygen atoms in total. The summed E-state index contributed by atoms with van der Waals surface area (Å²) in [7, 11) is 0.0603. The molecule has 0 radical (unpaired) electrons. The van der Waals surface area contributed by atoms with Gasteiger partial charge in [-0.25, -0.2) is 0 Å². The van der Waals surface area contributed by atoms with Crippen LogP contribution in [0.3, 0.4) is 0 Å². The SMILES string of the molecule is CCCCP(CCCC)C1=Cc2ccccc2[CH]1[Ti+2][CH]1CCC2CC=CC=C21.[Cl-].[Cl-]. The number of halogens is 2. The molecular formula is C26H35Cl2PTi. The molecule has 3 aliphatic rings. The molecule has 0 saturated heterocycles. The van der Waals surface area contributed by atoms with Gasteiger partial charge in [-0.2, -0.15) is 0 Å². The minimum absolute atomic E-state index is 0. The number of unbranched alkanes of at least 4 members (excludes halogenated alkanes) is 2. The topological polar surface area (TPSA) is 0 Å². The van der Waals surface area contributed by atoms with E-state index in [9.17, 15) is 0 Å². The summed E-state index contributed by atoms with van der Waals surface area (Å²) < 4.78 is 1.75. The fourth-order valence-electron chi connectivity index (χ4n) is 5.12. The third kappa shape index (κ3) is 5.94. The summed E-state index contributed by atoms with van der Waals surface area (Å²) in [6.07, 6.45) is 22.5. The number of rotatable bonds is 9. The predicted octanol–water partition coefficient (Wildman–Crippen LogP) is 2.34. The van der Waals surface area contributed by atoms with E-state index in [-0.39, 0.29) is 51.9 Å². The summed E-state index contributed by atoms with van der Waals surface area (Å²) in [4.78, 5) is 0. The molecular weight excluding hydrogens is 462 g/mol. The van der Waals surface area contributed by atoms with Crippen LogP contribution in [0.2, 0.25) is 4.22 Å². The van der Waals surface area contributed by atoms with Crippen molar-refractivity contribution >= 4 is 14.0 Å². The molecule has 162 valence electrons. The van der Waals surface area contributed by atoms with E-state index in [1.165, 1.54) is 57.3 Å². The molecule has 0 heterocycles. The van der Waals surface area contributed by atoms with Gasteiger partial charge in [-0.3, -0.25) is 0 Å². The van der Waals surface area contributed by atoms with Crippen LogP contribution in [0.5, 0.6) is 0 Å². The minimum atomic E-state index is -0.0453. The molecule has 3 unspecified atom stereocenters. The largest absolute Gasteiger partial charge is 1.00 e. The molecule has 3 atom stereocenters. The molecule has 0 N–H and O–H groups in total. The van der Waals surface area contributed by atoms with Crippen LogP contribution < -0.4 is 24.8 Å². The Kier molecular flexibility index (Phi) is 11.5. The molecule has 4 rings (SSSR count). The van der Waals surface area contributed by atoms with Crippen LogP contribution in [0.25, 0.3) is 6.08 Å². The van der Waals surface area contributed by atoms with E-state index in [4.69, 9.17) is 0 Å². The van der Waals surface area contributed by atoms with Crippen molar-refractivity contribution in [3.8, 4) is 0 Å². The van der Waals surface area contributed by atoms with Crippen molar-refractivity contribution in [1.29, 1.82) is 0 Å². The minimum Gasteiger partial charge on any atom is -1.00 e. The van der Waals surface area contributed by atoms with Crippen molar-refractivity contribution in [2.24, 2.45) is 5.92 Å². The van der Waals surface area contributed by atoms with Gasteiger partial charge in [0.2, 0.25) is 0 Å². The first-order valence-electron chi connectivity index (χ1n) is 11.5. The molecule has 0 amide bonds. The number of fused-ring (bicyclic) bond motifs is 2. The molecule has 4 heteroatoms. The standard InChI is InChI=1S/C17H24P.C9H11.2ClH.Ti/c1-3-5-11-18(12-6-4-2)17-13-15-9-7-8-10-16(15)14-17;1-2-5-9-7-3-6-8(9)4-1;;;/h7-10,13-14H,3-6,11-12H2,1-2H3;1-2,4,6,9H,3,5,7H2;2*1H;/q;;;;+2/p-2. The van der Waals surface area contributed by atoms with E-state index >= 15 is 0 Å². The van der Waals surface area contributed by atoms with Gasteiger partial charge in [0.05, 0.1) is 0 Å². The van der Waals surface area contributed by atoms with Crippen LogP contribution in [0.4, 0.5) is 0 Å². The average Bonchev–Trinajstić information content (AvgIpc) is 3.31. The second kappa shape index (κ2) is 13.0. The Bertz CT molecular complexity index is 762. The normalized spacial score (nSPS) is 23.6. The second-order valence-electron chi connectivity index (χ2n) is 8.65. The van der Waals surface area contributed by atoms with Gasteiger partial charge < -0.3 is 24.8 Å². The maximum absolute atomic E-state index is 2.65. The monoisotopic (exact) mass is 496 g/mol. The van der Waals surface area contributed by atoms with Gasteiger partial charge in [-0.15, -0.1) is 0 Å². The van der Waals surface area contributed by atoms with Crippen LogP contribution in [0.1, 0.15) is 74.1 Å². The Labute approximate surface area is 207 Å². The summed E-state index contributed by atoms with van der Waals surface area (Å²) in [6, 6.07) is 9.38. The molecule has 1 saturated carbocycles. The molecule has 30 heavy (non-hydrogen) atoms. The maximum atomic E-state index is 2.65. The Morgan fingerprint density at radius 2 is 1.73 bits per heavy atom. The Balaban J connectivity index is 0.00000160. The van der Waals surface area contributed by atoms with E-state index in [0.29, 0.717) is 0 Å². The van der Waals surface area contributed by atoms with Gasteiger partial charge in [-0.05, 0) is 0 Å². The smallest absolute Gasteiger partial charge is 1.00 e. The molecule has 0 aromatic heterocycles. The predicted molar refractivity (Wildman–Crippen MR) is 122 cm³/mol. The van der Waals surface area contributed by atoms with Gasteiger partial charge in [0.1, 0.15) is 0 Å². The van der Waals surface area contributed by atoms with Crippen molar-refractivity contribution in [2.75, 3.05) is 12.3 Å². The van der Waals surface area contributed by atoms with Gasteiger partial charge >= 0.3 is 183 Å². The van der Waals surface area contributed by atoms with Crippen molar-refractivity contribution < 1.29 is 44.0 Å². The second-order valence-corrected chi connectivity index (χ2v) is 13.7. The van der Waals surface area contributed by atoms with Crippen LogP contribution >= 0.6 is 7.92 Å². The first-order valence-corrected chi connectivity index (χ1v) is 15.0. The van der Waals surface area contributed by atoms with Crippen LogP contribution in [0, 0.1) is 5.92 Å². The van der Waals surface area contributed by atoms with Crippen molar-refractivity contribution in [1.82, 2.24) is 0 Å². The molecule has 0 aliphatic heterocycles. The zero-order valence-corrected chi connectivity index (χ0v) is 22.4. The van der Waals surface area contributed by atoms with Gasteiger partial charge in [0.15, 0.2) is 0 Å². The van der Waals surface area contributed by atoms with Crippen molar-refractivity contribution in [2.45, 2.75) is 67.2 Å². The average molecular weight is 497 g/mol. The van der Waals surface area contributed by atoms with Gasteiger partial charge in [-0.1, -0.05) is 0 Å². The third-order valence-electron chi connectivity index (χ3n) is 6.73. The zero-order chi connectivity index (χ0) is 19.3. The van der Waals surface area contributed by atoms with E-state index in [2.05, 4.69) is 62.4 Å². The Morgan fingerprint density at radius 1 is 1.00 bits per heavy atom. The number of hydrogen-bond donors (Lipinski definition) is 0. The number of allylic oxidation sites excluding steroid dienone is 5. The molecule has 0 bridgehead atoms. The summed E-state index contributed by atoms with van der Waals surface area (Å²) in [6.45, 7) is 4.72. The van der Waals surface area contributed by atoms with E-state index in [0.717, 1.165) is 14.4 Å². The van der Waals surface area contributed by atoms with Crippen LogP contribution in [-0.4, -0.2) is 12.3 Å². The van der Waals surface area contributed by atoms with Crippen LogP contribution in [0.15, 0.2) is 53.4 Å². The Morgan fingerprint density at radius 3 is 2.47 bits per heavy atom. The number of hydrogen-bond acceptors (Lipinski definition) is 0. The quantitative estimate of drug-likeness (QED) is 0.363. The van der Waals surface area contributed by atoms with Crippen LogP contribution in [-0.2, 0) is 19.2 Å². The van der Waals surface area contributed by atoms with E-state index in [1.807, 2.05) is 10.9 Å². The molecule has 0 spiro atoms. The van der Waals surface area contributed by atoms with Crippen molar-refractivity contribution in [3.63, 3.8) is 0 Å². The van der Waals surface area contributed by atoms with Gasteiger partial charge in [0.25, 0.3) is 0 Å². The summed E-state index contributed by atoms with van der Waals surface area (Å²) >= 11 is -0.0453. The maximum Gasteiger partial charge on any atom is -1.00 e. The molecule has 3 aliphatic carbocycles. The number of benzene rings is 1. The zero-order valence-electron chi connectivity index (χ0n) is 18.4. The molecule has 1 fully saturated rings. The summed E-state index contributed by atoms with van der Waals surface area (Å²) in [5, 5.41) is 1.90. The summed E-state index contributed by atoms with van der Waals surface area (Å²) in [5.74, 6) is 0.879. The van der Waals surface area contributed by atoms with Gasteiger partial charge in [0, 0.05) is 0 Å². The fraction of sp³-hybridized carbons (Fsp3) is 0.538. The third-order valence-corrected chi connectivity index (χ3v) is 13.0. The molecule has 1 aromatic rings. The van der Waals surface area contributed by atoms with Crippen molar-refractivity contribution in [3.05, 3.63) is 64.5 Å². The molecule has 1 aromatic carbocycles. The fourth-order valence-corrected chi connectivity index (χ4v) is 12.3. The first-order chi connectivity index (χ1) is 13.8. The first kappa shape index (κ1) is 26.4. The summed E-state index contributed by atoms with van der Waals surface area (Å²) in [5.41, 5.74) is 5.07. The van der Waals surface area contributed by atoms with E-state index in [1.54, 1.807) is 11.1 Å².